The van der Waals surface area contributed by atoms with Crippen molar-refractivity contribution in [1.29, 1.82) is 0 Å². The molecule has 2 unspecified atom stereocenters. The quantitative estimate of drug-likeness (QED) is 0.597. The van der Waals surface area contributed by atoms with Crippen molar-refractivity contribution in [3.63, 3.8) is 0 Å². The highest BCUT2D eigenvalue weighted by Crippen LogP contribution is 2.43. The van der Waals surface area contributed by atoms with Gasteiger partial charge in [-0.2, -0.15) is 0 Å². The molecule has 1 aromatic carbocycles. The number of amidine groups is 1. The molecule has 1 aliphatic carbocycles. The van der Waals surface area contributed by atoms with Gasteiger partial charge in [0.1, 0.15) is 5.84 Å². The number of methoxy groups -OCH3 is 2. The molecule has 0 saturated heterocycles. The predicted octanol–water partition coefficient (Wildman–Crippen LogP) is 6.01. The van der Waals surface area contributed by atoms with E-state index in [0.717, 1.165) is 29.3 Å². The lowest BCUT2D eigenvalue weighted by atomic mass is 9.80. The van der Waals surface area contributed by atoms with E-state index in [2.05, 4.69) is 17.0 Å². The van der Waals surface area contributed by atoms with Crippen LogP contribution in [0.3, 0.4) is 0 Å². The lowest BCUT2D eigenvalue weighted by Gasteiger charge is -2.42. The highest BCUT2D eigenvalue weighted by atomic mass is 35.5. The number of fused-ring (bicyclic) bond motifs is 1. The predicted molar refractivity (Wildman–Crippen MR) is 114 cm³/mol. The Balaban J connectivity index is 1.73. The molecule has 2 atom stereocenters. The standard InChI is InChI=1S/C22H26Cl2N2O2/c1-27-20-9-8-15(10-21(20)28-2)19-12-18(14-6-4-3-5-7-14)25-22-17(24)11-16(23)13-26(19)22/h8-11,13-14,18-19H,3-7,12H2,1-2H3. The normalized spacial score (nSPS) is 25.4. The summed E-state index contributed by atoms with van der Waals surface area (Å²) in [6.07, 6.45) is 11.1. The van der Waals surface area contributed by atoms with Crippen LogP contribution < -0.4 is 9.47 Å². The largest absolute Gasteiger partial charge is 0.493 e. The summed E-state index contributed by atoms with van der Waals surface area (Å²) in [5, 5.41) is 1.23. The lowest BCUT2D eigenvalue weighted by molar-refractivity contribution is 0.238. The molecular weight excluding hydrogens is 395 g/mol. The molecule has 4 nitrogen and oxygen atoms in total. The molecular formula is C22H26Cl2N2O2. The van der Waals surface area contributed by atoms with Crippen molar-refractivity contribution in [1.82, 2.24) is 4.90 Å². The van der Waals surface area contributed by atoms with E-state index in [9.17, 15) is 0 Å². The third-order valence-electron chi connectivity index (χ3n) is 6.06. The third kappa shape index (κ3) is 3.77. The summed E-state index contributed by atoms with van der Waals surface area (Å²) in [5.41, 5.74) is 1.15. The summed E-state index contributed by atoms with van der Waals surface area (Å²) < 4.78 is 10.9. The maximum absolute atomic E-state index is 6.57. The number of halogens is 2. The molecule has 0 aromatic heterocycles. The van der Waals surface area contributed by atoms with Gasteiger partial charge in [0.25, 0.3) is 0 Å². The fraction of sp³-hybridized carbons (Fsp3) is 0.500. The molecule has 0 amide bonds. The molecule has 1 saturated carbocycles. The molecule has 1 fully saturated rings. The van der Waals surface area contributed by atoms with Gasteiger partial charge in [-0.15, -0.1) is 0 Å². The fourth-order valence-corrected chi connectivity index (χ4v) is 5.17. The molecule has 3 aliphatic rings. The van der Waals surface area contributed by atoms with E-state index in [1.165, 1.54) is 32.1 Å². The van der Waals surface area contributed by atoms with Gasteiger partial charge in [0, 0.05) is 6.20 Å². The topological polar surface area (TPSA) is 34.1 Å². The third-order valence-corrected chi connectivity index (χ3v) is 6.55. The van der Waals surface area contributed by atoms with E-state index in [1.54, 1.807) is 20.3 Å². The lowest BCUT2D eigenvalue weighted by Crippen LogP contribution is -2.41. The Bertz CT molecular complexity index is 828. The van der Waals surface area contributed by atoms with Gasteiger partial charge in [0.2, 0.25) is 0 Å². The molecule has 2 aliphatic heterocycles. The fourth-order valence-electron chi connectivity index (χ4n) is 4.63. The monoisotopic (exact) mass is 420 g/mol. The van der Waals surface area contributed by atoms with Gasteiger partial charge in [-0.05, 0) is 49.0 Å². The zero-order chi connectivity index (χ0) is 19.7. The number of benzene rings is 1. The molecule has 0 bridgehead atoms. The molecule has 4 rings (SSSR count). The van der Waals surface area contributed by atoms with E-state index in [0.29, 0.717) is 16.0 Å². The molecule has 1 aromatic rings. The Morgan fingerprint density at radius 2 is 1.79 bits per heavy atom. The minimum Gasteiger partial charge on any atom is -0.493 e. The Kier molecular flexibility index (Phi) is 5.88. The second-order valence-corrected chi connectivity index (χ2v) is 8.54. The van der Waals surface area contributed by atoms with Crippen LogP contribution in [-0.4, -0.2) is 31.0 Å². The van der Waals surface area contributed by atoms with Crippen LogP contribution in [-0.2, 0) is 0 Å². The van der Waals surface area contributed by atoms with E-state index in [4.69, 9.17) is 37.7 Å². The van der Waals surface area contributed by atoms with Crippen molar-refractivity contribution in [3.8, 4) is 11.5 Å². The first-order valence-corrected chi connectivity index (χ1v) is 10.7. The van der Waals surface area contributed by atoms with Crippen LogP contribution in [0.2, 0.25) is 0 Å². The van der Waals surface area contributed by atoms with Crippen LogP contribution in [0.25, 0.3) is 0 Å². The van der Waals surface area contributed by atoms with Crippen molar-refractivity contribution in [2.75, 3.05) is 14.2 Å². The second kappa shape index (κ2) is 8.38. The molecule has 28 heavy (non-hydrogen) atoms. The number of hydrogen-bond acceptors (Lipinski definition) is 4. The molecule has 150 valence electrons. The maximum atomic E-state index is 6.57. The summed E-state index contributed by atoms with van der Waals surface area (Å²) >= 11 is 12.9. The minimum atomic E-state index is 0.107. The number of nitrogens with zero attached hydrogens (tertiary/aromatic N) is 2. The zero-order valence-corrected chi connectivity index (χ0v) is 17.8. The summed E-state index contributed by atoms with van der Waals surface area (Å²) in [6.45, 7) is 0. The van der Waals surface area contributed by atoms with E-state index < -0.39 is 0 Å². The Morgan fingerprint density at radius 1 is 1.04 bits per heavy atom. The van der Waals surface area contributed by atoms with Gasteiger partial charge >= 0.3 is 0 Å². The molecule has 2 heterocycles. The van der Waals surface area contributed by atoms with Gasteiger partial charge in [-0.1, -0.05) is 48.5 Å². The minimum absolute atomic E-state index is 0.107. The summed E-state index contributed by atoms with van der Waals surface area (Å²) in [5.74, 6) is 2.90. The number of ether oxygens (including phenoxy) is 2. The molecule has 0 spiro atoms. The van der Waals surface area contributed by atoms with E-state index in [1.807, 2.05) is 12.3 Å². The zero-order valence-electron chi connectivity index (χ0n) is 16.3. The van der Waals surface area contributed by atoms with Crippen molar-refractivity contribution in [3.05, 3.63) is 46.1 Å². The summed E-state index contributed by atoms with van der Waals surface area (Å²) in [7, 11) is 3.32. The van der Waals surface area contributed by atoms with Crippen LogP contribution in [0.4, 0.5) is 0 Å². The first-order valence-electron chi connectivity index (χ1n) is 9.93. The maximum Gasteiger partial charge on any atom is 0.161 e. The highest BCUT2D eigenvalue weighted by Gasteiger charge is 2.37. The SMILES string of the molecule is COc1ccc(C2CC(C3CCCCC3)N=C3C(Cl)=CC(Cl)=CN32)cc1OC. The first-order chi connectivity index (χ1) is 13.6. The van der Waals surface area contributed by atoms with Crippen LogP contribution in [0.1, 0.15) is 50.1 Å². The molecule has 0 N–H and O–H groups in total. The van der Waals surface area contributed by atoms with Gasteiger partial charge < -0.3 is 14.4 Å². The van der Waals surface area contributed by atoms with Crippen LogP contribution in [0.15, 0.2) is 45.5 Å². The average Bonchev–Trinajstić information content (AvgIpc) is 2.73. The van der Waals surface area contributed by atoms with Crippen molar-refractivity contribution >= 4 is 29.0 Å². The van der Waals surface area contributed by atoms with E-state index >= 15 is 0 Å². The number of aliphatic imine (C=N–C) groups is 1. The highest BCUT2D eigenvalue weighted by molar-refractivity contribution is 6.45. The van der Waals surface area contributed by atoms with Crippen molar-refractivity contribution in [2.45, 2.75) is 50.6 Å². The molecule has 6 heteroatoms. The summed E-state index contributed by atoms with van der Waals surface area (Å²) in [6, 6.07) is 6.49. The van der Waals surface area contributed by atoms with E-state index in [-0.39, 0.29) is 12.1 Å². The molecule has 0 radical (unpaired) electrons. The van der Waals surface area contributed by atoms with Crippen LogP contribution in [0.5, 0.6) is 11.5 Å². The Morgan fingerprint density at radius 3 is 2.50 bits per heavy atom. The summed E-state index contributed by atoms with van der Waals surface area (Å²) in [4.78, 5) is 7.19. The van der Waals surface area contributed by atoms with Crippen LogP contribution in [0, 0.1) is 5.92 Å². The first kappa shape index (κ1) is 19.7. The van der Waals surface area contributed by atoms with Gasteiger partial charge in [0.15, 0.2) is 11.5 Å². The Hall–Kier alpha value is -1.65. The number of hydrogen-bond donors (Lipinski definition) is 0. The van der Waals surface area contributed by atoms with Gasteiger partial charge in [0.05, 0.1) is 36.4 Å². The number of rotatable bonds is 4. The van der Waals surface area contributed by atoms with Gasteiger partial charge in [-0.3, -0.25) is 4.99 Å². The number of allylic oxidation sites excluding steroid dienone is 2. The van der Waals surface area contributed by atoms with Gasteiger partial charge in [-0.25, -0.2) is 0 Å². The average molecular weight is 421 g/mol. The smallest absolute Gasteiger partial charge is 0.161 e. The second-order valence-electron chi connectivity index (χ2n) is 7.70. The van der Waals surface area contributed by atoms with Crippen LogP contribution >= 0.6 is 23.2 Å². The van der Waals surface area contributed by atoms with Crippen molar-refractivity contribution < 1.29 is 9.47 Å². The van der Waals surface area contributed by atoms with Crippen molar-refractivity contribution in [2.24, 2.45) is 10.9 Å². The Labute approximate surface area is 176 Å².